The summed E-state index contributed by atoms with van der Waals surface area (Å²) in [6.45, 7) is 2.16. The van der Waals surface area contributed by atoms with E-state index in [2.05, 4.69) is 74.4 Å². The van der Waals surface area contributed by atoms with Gasteiger partial charge < -0.3 is 15.4 Å². The summed E-state index contributed by atoms with van der Waals surface area (Å²) in [6.07, 6.45) is 0.163. The lowest BCUT2D eigenvalue weighted by molar-refractivity contribution is -0.145. The number of carbonyl (C=O) groups excluding carboxylic acids is 1. The van der Waals surface area contributed by atoms with Gasteiger partial charge in [0.05, 0.1) is 26.9 Å². The quantitative estimate of drug-likeness (QED) is 0.314. The number of hydrogen-bond donors (Lipinski definition) is 2. The number of rotatable bonds is 4. The maximum atomic E-state index is 12.0. The van der Waals surface area contributed by atoms with Crippen LogP contribution in [0.3, 0.4) is 0 Å². The molecule has 22 heavy (non-hydrogen) atoms. The Balaban J connectivity index is 2.45. The maximum absolute atomic E-state index is 12.0. The molecule has 0 saturated carbocycles. The van der Waals surface area contributed by atoms with Gasteiger partial charge in [0.15, 0.2) is 5.79 Å². The lowest BCUT2D eigenvalue weighted by Crippen LogP contribution is -2.55. The van der Waals surface area contributed by atoms with Crippen molar-refractivity contribution in [3.05, 3.63) is 17.9 Å². The summed E-state index contributed by atoms with van der Waals surface area (Å²) in [4.78, 5) is 13.9. The predicted molar refractivity (Wildman–Crippen MR) is 102 cm³/mol. The molecule has 1 aliphatic heterocycles. The van der Waals surface area contributed by atoms with Gasteiger partial charge in [-0.2, -0.15) is 0 Å². The van der Waals surface area contributed by atoms with E-state index >= 15 is 0 Å². The fraction of sp³-hybridized carbons (Fsp3) is 0.462. The molecule has 0 bridgehead atoms. The minimum atomic E-state index is -0.750. The van der Waals surface area contributed by atoms with Crippen LogP contribution in [0.15, 0.2) is 17.9 Å². The molecule has 122 valence electrons. The average Bonchev–Trinajstić information content (AvgIpc) is 2.84. The van der Waals surface area contributed by atoms with Gasteiger partial charge in [0.25, 0.3) is 0 Å². The highest BCUT2D eigenvalue weighted by Crippen LogP contribution is 2.52. The monoisotopic (exact) mass is 561 g/mol. The first kappa shape index (κ1) is 18.5. The predicted octanol–water partition coefficient (Wildman–Crippen LogP) is 4.74. The molecule has 0 unspecified atom stereocenters. The van der Waals surface area contributed by atoms with Gasteiger partial charge in [-0.1, -0.05) is 0 Å². The van der Waals surface area contributed by atoms with E-state index < -0.39 is 5.79 Å². The highest BCUT2D eigenvalue weighted by molar-refractivity contribution is 9.15. The topological polar surface area (TPSA) is 53.6 Å². The van der Waals surface area contributed by atoms with Crippen LogP contribution in [0.25, 0.3) is 0 Å². The number of fused-ring (bicyclic) bond motifs is 1. The normalized spacial score (nSPS) is 15.3. The fourth-order valence-electron chi connectivity index (χ4n) is 2.20. The van der Waals surface area contributed by atoms with Crippen LogP contribution < -0.4 is 10.6 Å². The zero-order valence-electron chi connectivity index (χ0n) is 12.2. The van der Waals surface area contributed by atoms with Crippen LogP contribution in [0.1, 0.15) is 13.3 Å². The molecule has 0 radical (unpaired) electrons. The first-order valence-corrected chi connectivity index (χ1v) is 9.66. The molecular formula is C13H15Br4N3O2. The van der Waals surface area contributed by atoms with Gasteiger partial charge in [-0.15, -0.1) is 0 Å². The summed E-state index contributed by atoms with van der Waals surface area (Å²) in [5.41, 5.74) is 1.75. The van der Waals surface area contributed by atoms with Crippen LogP contribution in [-0.4, -0.2) is 37.4 Å². The van der Waals surface area contributed by atoms with Crippen LogP contribution in [0.5, 0.6) is 0 Å². The van der Waals surface area contributed by atoms with Crippen LogP contribution in [-0.2, 0) is 9.53 Å². The van der Waals surface area contributed by atoms with E-state index in [4.69, 9.17) is 4.74 Å². The van der Waals surface area contributed by atoms with Crippen molar-refractivity contribution in [3.63, 3.8) is 0 Å². The molecule has 1 aromatic rings. The number of anilines is 2. The van der Waals surface area contributed by atoms with Gasteiger partial charge >= 0.3 is 5.97 Å². The van der Waals surface area contributed by atoms with Gasteiger partial charge in [-0.3, -0.25) is 9.69 Å². The first-order valence-electron chi connectivity index (χ1n) is 6.49. The molecule has 0 spiro atoms. The number of halogens is 4. The standard InChI is InChI=1S/C13H15Br4N3O2/c1-4-22-6(21)5-13(20(2)3)18-11-9(16)7(14)8(15)10(17)12(11)19-13/h18-19H,4-5H2,1-3H3. The van der Waals surface area contributed by atoms with Crippen LogP contribution >= 0.6 is 63.7 Å². The summed E-state index contributed by atoms with van der Waals surface area (Å²) < 4.78 is 8.62. The third kappa shape index (κ3) is 3.19. The van der Waals surface area contributed by atoms with E-state index in [1.54, 1.807) is 6.92 Å². The molecule has 0 aliphatic carbocycles. The molecule has 2 rings (SSSR count). The van der Waals surface area contributed by atoms with E-state index in [-0.39, 0.29) is 12.4 Å². The van der Waals surface area contributed by atoms with Crippen LogP contribution in [0, 0.1) is 0 Å². The average molecular weight is 565 g/mol. The van der Waals surface area contributed by atoms with Gasteiger partial charge in [0, 0.05) is 8.95 Å². The third-order valence-electron chi connectivity index (χ3n) is 3.40. The Morgan fingerprint density at radius 1 is 1.05 bits per heavy atom. The smallest absolute Gasteiger partial charge is 0.311 e. The van der Waals surface area contributed by atoms with E-state index in [0.29, 0.717) is 6.61 Å². The molecule has 0 amide bonds. The van der Waals surface area contributed by atoms with Gasteiger partial charge in [0.1, 0.15) is 6.42 Å². The summed E-state index contributed by atoms with van der Waals surface area (Å²) in [5, 5.41) is 6.80. The molecule has 5 nitrogen and oxygen atoms in total. The van der Waals surface area contributed by atoms with E-state index in [9.17, 15) is 4.79 Å². The van der Waals surface area contributed by atoms with Crippen molar-refractivity contribution in [2.24, 2.45) is 0 Å². The number of nitrogens with one attached hydrogen (secondary N) is 2. The van der Waals surface area contributed by atoms with E-state index in [1.807, 2.05) is 19.0 Å². The number of nitrogens with zero attached hydrogens (tertiary/aromatic N) is 1. The maximum Gasteiger partial charge on any atom is 0.311 e. The minimum Gasteiger partial charge on any atom is -0.466 e. The molecule has 1 aromatic carbocycles. The molecule has 9 heteroatoms. The van der Waals surface area contributed by atoms with Crippen molar-refractivity contribution in [1.29, 1.82) is 0 Å². The number of benzene rings is 1. The largest absolute Gasteiger partial charge is 0.466 e. The van der Waals surface area contributed by atoms with Crippen LogP contribution in [0.4, 0.5) is 11.4 Å². The molecule has 0 aromatic heterocycles. The van der Waals surface area contributed by atoms with Crippen molar-refractivity contribution in [1.82, 2.24) is 4.90 Å². The Morgan fingerprint density at radius 3 is 1.86 bits per heavy atom. The zero-order valence-corrected chi connectivity index (χ0v) is 18.5. The molecule has 0 atom stereocenters. The Hall–Kier alpha value is 0.170. The number of esters is 1. The van der Waals surface area contributed by atoms with E-state index in [1.165, 1.54) is 0 Å². The second kappa shape index (κ2) is 6.96. The minimum absolute atomic E-state index is 0.163. The van der Waals surface area contributed by atoms with Crippen molar-refractivity contribution in [3.8, 4) is 0 Å². The summed E-state index contributed by atoms with van der Waals surface area (Å²) in [5.74, 6) is -1.02. The van der Waals surface area contributed by atoms with Gasteiger partial charge in [-0.05, 0) is 84.7 Å². The van der Waals surface area contributed by atoms with Crippen molar-refractivity contribution < 1.29 is 9.53 Å². The Bertz CT molecular complexity index is 585. The fourth-order valence-corrected chi connectivity index (χ4v) is 4.52. The molecule has 1 heterocycles. The molecule has 0 saturated heterocycles. The Kier molecular flexibility index (Phi) is 5.86. The van der Waals surface area contributed by atoms with Gasteiger partial charge in [0.2, 0.25) is 0 Å². The molecule has 0 fully saturated rings. The van der Waals surface area contributed by atoms with Crippen LogP contribution in [0.2, 0.25) is 0 Å². The summed E-state index contributed by atoms with van der Waals surface area (Å²) in [6, 6.07) is 0. The summed E-state index contributed by atoms with van der Waals surface area (Å²) in [7, 11) is 3.80. The first-order chi connectivity index (χ1) is 10.2. The zero-order chi connectivity index (χ0) is 16.7. The lowest BCUT2D eigenvalue weighted by atomic mass is 10.2. The number of carbonyl (C=O) groups is 1. The van der Waals surface area contributed by atoms with Crippen molar-refractivity contribution >= 4 is 81.1 Å². The van der Waals surface area contributed by atoms with Gasteiger partial charge in [-0.25, -0.2) is 0 Å². The Labute approximate surface area is 163 Å². The number of hydrogen-bond acceptors (Lipinski definition) is 5. The second-order valence-electron chi connectivity index (χ2n) is 4.99. The SMILES string of the molecule is CCOC(=O)CC1(N(C)C)Nc2c(Br)c(Br)c(Br)c(Br)c2N1. The van der Waals surface area contributed by atoms with E-state index in [0.717, 1.165) is 29.3 Å². The summed E-state index contributed by atoms with van der Waals surface area (Å²) >= 11 is 14.2. The van der Waals surface area contributed by atoms with Crippen molar-refractivity contribution in [2.45, 2.75) is 19.1 Å². The molecule has 1 aliphatic rings. The lowest BCUT2D eigenvalue weighted by Gasteiger charge is -2.36. The van der Waals surface area contributed by atoms with Crippen molar-refractivity contribution in [2.75, 3.05) is 31.3 Å². The highest BCUT2D eigenvalue weighted by Gasteiger charge is 2.43. The Morgan fingerprint density at radius 2 is 1.50 bits per heavy atom. The molecular weight excluding hydrogens is 550 g/mol. The highest BCUT2D eigenvalue weighted by atomic mass is 79.9. The molecule has 2 N–H and O–H groups in total. The number of ether oxygens (including phenoxy) is 1. The second-order valence-corrected chi connectivity index (χ2v) is 8.16. The third-order valence-corrected chi connectivity index (χ3v) is 8.17.